The largest absolute Gasteiger partial charge is 0.382 e. The molecule has 0 fully saturated rings. The number of nitrogens with one attached hydrogen (secondary N) is 1. The molecule has 0 aliphatic heterocycles. The molecule has 2 nitrogen and oxygen atoms in total. The van der Waals surface area contributed by atoms with E-state index >= 15 is 0 Å². The van der Waals surface area contributed by atoms with Crippen molar-refractivity contribution in [1.82, 2.24) is 5.32 Å². The fourth-order valence-corrected chi connectivity index (χ4v) is 2.31. The molecule has 0 amide bonds. The molecule has 0 spiro atoms. The topological polar surface area (TPSA) is 21.3 Å². The number of hydrogen-bond acceptors (Lipinski definition) is 2. The number of benzene rings is 1. The molecule has 0 aromatic heterocycles. The van der Waals surface area contributed by atoms with E-state index < -0.39 is 0 Å². The van der Waals surface area contributed by atoms with E-state index in [0.29, 0.717) is 0 Å². The number of rotatable bonds is 8. The summed E-state index contributed by atoms with van der Waals surface area (Å²) in [6.45, 7) is 6.30. The normalized spacial score (nSPS) is 12.7. The molecule has 0 aliphatic carbocycles. The van der Waals surface area contributed by atoms with E-state index in [9.17, 15) is 4.39 Å². The van der Waals surface area contributed by atoms with Gasteiger partial charge in [0.25, 0.3) is 0 Å². The van der Waals surface area contributed by atoms with Crippen LogP contribution in [0.4, 0.5) is 4.39 Å². The number of ether oxygens (including phenoxy) is 1. The second-order valence-corrected chi connectivity index (χ2v) is 5.03. The molecule has 18 heavy (non-hydrogen) atoms. The van der Waals surface area contributed by atoms with Crippen molar-refractivity contribution in [2.45, 2.75) is 32.7 Å². The Kier molecular flexibility index (Phi) is 7.47. The Hall–Kier alpha value is -0.450. The van der Waals surface area contributed by atoms with E-state index in [0.717, 1.165) is 42.6 Å². The highest BCUT2D eigenvalue weighted by Crippen LogP contribution is 2.25. The van der Waals surface area contributed by atoms with Crippen LogP contribution in [0, 0.1) is 5.82 Å². The van der Waals surface area contributed by atoms with Gasteiger partial charge in [-0.15, -0.1) is 0 Å². The van der Waals surface area contributed by atoms with Gasteiger partial charge in [0.2, 0.25) is 0 Å². The Morgan fingerprint density at radius 3 is 2.83 bits per heavy atom. The average Bonchev–Trinajstić information content (AvgIpc) is 2.36. The molecule has 1 rings (SSSR count). The van der Waals surface area contributed by atoms with Crippen molar-refractivity contribution >= 4 is 15.9 Å². The molecule has 1 aromatic rings. The molecular weight excluding hydrogens is 297 g/mol. The second-order valence-electron chi connectivity index (χ2n) is 4.12. The van der Waals surface area contributed by atoms with Gasteiger partial charge in [-0.2, -0.15) is 0 Å². The van der Waals surface area contributed by atoms with Crippen molar-refractivity contribution in [2.24, 2.45) is 0 Å². The van der Waals surface area contributed by atoms with Gasteiger partial charge < -0.3 is 10.1 Å². The summed E-state index contributed by atoms with van der Waals surface area (Å²) >= 11 is 3.39. The monoisotopic (exact) mass is 317 g/mol. The number of hydrogen-bond donors (Lipinski definition) is 1. The van der Waals surface area contributed by atoms with Gasteiger partial charge in [-0.1, -0.05) is 22.9 Å². The van der Waals surface area contributed by atoms with Crippen molar-refractivity contribution in [2.75, 3.05) is 19.8 Å². The van der Waals surface area contributed by atoms with E-state index in [-0.39, 0.29) is 11.9 Å². The molecule has 0 saturated heterocycles. The van der Waals surface area contributed by atoms with Crippen LogP contribution in [-0.2, 0) is 4.74 Å². The van der Waals surface area contributed by atoms with E-state index in [2.05, 4.69) is 21.2 Å². The van der Waals surface area contributed by atoms with E-state index in [4.69, 9.17) is 4.74 Å². The van der Waals surface area contributed by atoms with Gasteiger partial charge in [-0.05, 0) is 44.5 Å². The zero-order valence-corrected chi connectivity index (χ0v) is 12.6. The molecule has 1 atom stereocenters. The van der Waals surface area contributed by atoms with Gasteiger partial charge in [0.1, 0.15) is 5.82 Å². The summed E-state index contributed by atoms with van der Waals surface area (Å²) in [5, 5.41) is 3.33. The van der Waals surface area contributed by atoms with Gasteiger partial charge in [-0.3, -0.25) is 0 Å². The fourth-order valence-electron chi connectivity index (χ4n) is 1.93. The van der Waals surface area contributed by atoms with Crippen LogP contribution in [0.2, 0.25) is 0 Å². The summed E-state index contributed by atoms with van der Waals surface area (Å²) in [5.41, 5.74) is 0.725. The molecule has 102 valence electrons. The third-order valence-electron chi connectivity index (χ3n) is 2.77. The first kappa shape index (κ1) is 15.6. The summed E-state index contributed by atoms with van der Waals surface area (Å²) in [6.07, 6.45) is 1.80. The van der Waals surface area contributed by atoms with Crippen LogP contribution < -0.4 is 5.32 Å². The van der Waals surface area contributed by atoms with Crippen LogP contribution in [0.5, 0.6) is 0 Å². The third kappa shape index (κ3) is 5.04. The molecule has 4 heteroatoms. The Balaban J connectivity index is 2.67. The smallest absolute Gasteiger partial charge is 0.128 e. The van der Waals surface area contributed by atoms with Crippen molar-refractivity contribution in [3.8, 4) is 0 Å². The third-order valence-corrected chi connectivity index (χ3v) is 3.26. The van der Waals surface area contributed by atoms with Gasteiger partial charge in [0, 0.05) is 29.3 Å². The lowest BCUT2D eigenvalue weighted by Crippen LogP contribution is -2.22. The van der Waals surface area contributed by atoms with Crippen molar-refractivity contribution in [3.63, 3.8) is 0 Å². The van der Waals surface area contributed by atoms with Gasteiger partial charge in [-0.25, -0.2) is 4.39 Å². The Morgan fingerprint density at radius 2 is 2.17 bits per heavy atom. The lowest BCUT2D eigenvalue weighted by atomic mass is 10.0. The highest BCUT2D eigenvalue weighted by atomic mass is 79.9. The van der Waals surface area contributed by atoms with Crippen molar-refractivity contribution < 1.29 is 9.13 Å². The summed E-state index contributed by atoms with van der Waals surface area (Å²) in [7, 11) is 0. The summed E-state index contributed by atoms with van der Waals surface area (Å²) in [4.78, 5) is 0. The highest BCUT2D eigenvalue weighted by molar-refractivity contribution is 9.10. The van der Waals surface area contributed by atoms with E-state index in [1.807, 2.05) is 19.9 Å². The zero-order chi connectivity index (χ0) is 13.4. The van der Waals surface area contributed by atoms with E-state index in [1.54, 1.807) is 6.07 Å². The SMILES string of the molecule is CCNC(CCCOCC)c1cc(Br)ccc1F. The molecule has 0 radical (unpaired) electrons. The summed E-state index contributed by atoms with van der Waals surface area (Å²) in [6, 6.07) is 5.13. The van der Waals surface area contributed by atoms with Gasteiger partial charge in [0.05, 0.1) is 0 Å². The minimum atomic E-state index is -0.152. The molecule has 0 aliphatic rings. The lowest BCUT2D eigenvalue weighted by Gasteiger charge is -2.19. The van der Waals surface area contributed by atoms with Crippen LogP contribution in [0.1, 0.15) is 38.3 Å². The molecular formula is C14H21BrFNO. The summed E-state index contributed by atoms with van der Waals surface area (Å²) < 4.78 is 20.1. The highest BCUT2D eigenvalue weighted by Gasteiger charge is 2.14. The first-order chi connectivity index (χ1) is 8.69. The molecule has 0 saturated carbocycles. The first-order valence-corrected chi connectivity index (χ1v) is 7.24. The predicted octanol–water partition coefficient (Wildman–Crippen LogP) is 4.06. The maximum Gasteiger partial charge on any atom is 0.128 e. The van der Waals surface area contributed by atoms with Crippen molar-refractivity contribution in [1.29, 1.82) is 0 Å². The van der Waals surface area contributed by atoms with Crippen LogP contribution in [0.15, 0.2) is 22.7 Å². The zero-order valence-electron chi connectivity index (χ0n) is 11.0. The lowest BCUT2D eigenvalue weighted by molar-refractivity contribution is 0.140. The van der Waals surface area contributed by atoms with Crippen LogP contribution >= 0.6 is 15.9 Å². The Bertz CT molecular complexity index is 360. The number of halogens is 2. The minimum Gasteiger partial charge on any atom is -0.382 e. The molecule has 1 N–H and O–H groups in total. The van der Waals surface area contributed by atoms with Gasteiger partial charge >= 0.3 is 0 Å². The minimum absolute atomic E-state index is 0.0490. The maximum absolute atomic E-state index is 13.8. The van der Waals surface area contributed by atoms with Gasteiger partial charge in [0.15, 0.2) is 0 Å². The molecule has 1 unspecified atom stereocenters. The van der Waals surface area contributed by atoms with Crippen LogP contribution in [0.3, 0.4) is 0 Å². The summed E-state index contributed by atoms with van der Waals surface area (Å²) in [5.74, 6) is -0.152. The second kappa shape index (κ2) is 8.62. The van der Waals surface area contributed by atoms with Crippen LogP contribution in [0.25, 0.3) is 0 Å². The Morgan fingerprint density at radius 1 is 1.39 bits per heavy atom. The predicted molar refractivity (Wildman–Crippen MR) is 76.2 cm³/mol. The average molecular weight is 318 g/mol. The van der Waals surface area contributed by atoms with Crippen molar-refractivity contribution in [3.05, 3.63) is 34.1 Å². The molecule has 0 bridgehead atoms. The fraction of sp³-hybridized carbons (Fsp3) is 0.571. The van der Waals surface area contributed by atoms with Crippen LogP contribution in [-0.4, -0.2) is 19.8 Å². The van der Waals surface area contributed by atoms with E-state index in [1.165, 1.54) is 6.07 Å². The quantitative estimate of drug-likeness (QED) is 0.730. The first-order valence-electron chi connectivity index (χ1n) is 6.45. The Labute approximate surface area is 117 Å². The standard InChI is InChI=1S/C14H21BrFNO/c1-3-17-14(6-5-9-18-4-2)12-10-11(15)7-8-13(12)16/h7-8,10,14,17H,3-6,9H2,1-2H3. The molecule has 0 heterocycles. The molecule has 1 aromatic carbocycles. The maximum atomic E-state index is 13.8.